The van der Waals surface area contributed by atoms with Gasteiger partial charge in [-0.1, -0.05) is 24.3 Å². The third kappa shape index (κ3) is 2.38. The summed E-state index contributed by atoms with van der Waals surface area (Å²) in [4.78, 5) is 2.47. The number of fused-ring (bicyclic) bond motifs is 1. The highest BCUT2D eigenvalue weighted by atomic mass is 15.3. The fraction of sp³-hybridized carbons (Fsp3) is 0.357. The molecule has 2 heterocycles. The molecular weight excluding hydrogens is 224 g/mol. The second kappa shape index (κ2) is 4.82. The van der Waals surface area contributed by atoms with Crippen molar-refractivity contribution in [2.24, 2.45) is 0 Å². The molecule has 2 N–H and O–H groups in total. The van der Waals surface area contributed by atoms with Gasteiger partial charge in [0, 0.05) is 25.8 Å². The lowest BCUT2D eigenvalue weighted by atomic mass is 10.00. The highest BCUT2D eigenvalue weighted by Gasteiger charge is 2.15. The van der Waals surface area contributed by atoms with E-state index < -0.39 is 0 Å². The highest BCUT2D eigenvalue weighted by molar-refractivity contribution is 5.30. The lowest BCUT2D eigenvalue weighted by molar-refractivity contribution is 0.240. The van der Waals surface area contributed by atoms with Crippen LogP contribution < -0.4 is 5.73 Å². The predicted molar refractivity (Wildman–Crippen MR) is 72.1 cm³/mol. The number of benzene rings is 1. The summed E-state index contributed by atoms with van der Waals surface area (Å²) in [6, 6.07) is 8.71. The largest absolute Gasteiger partial charge is 0.396 e. The van der Waals surface area contributed by atoms with Gasteiger partial charge in [0.2, 0.25) is 0 Å². The van der Waals surface area contributed by atoms with Crippen LogP contribution in [0.4, 0.5) is 5.69 Å². The van der Waals surface area contributed by atoms with Crippen molar-refractivity contribution in [2.45, 2.75) is 19.5 Å². The van der Waals surface area contributed by atoms with E-state index >= 15 is 0 Å². The average Bonchev–Trinajstić information content (AvgIpc) is 2.82. The van der Waals surface area contributed by atoms with Crippen LogP contribution in [-0.4, -0.2) is 27.8 Å². The molecule has 0 radical (unpaired) electrons. The summed E-state index contributed by atoms with van der Waals surface area (Å²) < 4.78 is 1.91. The van der Waals surface area contributed by atoms with Gasteiger partial charge in [-0.2, -0.15) is 5.10 Å². The molecule has 4 heteroatoms. The smallest absolute Gasteiger partial charge is 0.0719 e. The molecule has 0 saturated heterocycles. The van der Waals surface area contributed by atoms with Crippen LogP contribution in [0.1, 0.15) is 11.1 Å². The number of anilines is 1. The van der Waals surface area contributed by atoms with Crippen LogP contribution in [0.2, 0.25) is 0 Å². The Labute approximate surface area is 107 Å². The molecule has 1 aliphatic rings. The third-order valence-electron chi connectivity index (χ3n) is 3.51. The normalized spacial score (nSPS) is 15.6. The Bertz CT molecular complexity index is 532. The highest BCUT2D eigenvalue weighted by Crippen LogP contribution is 2.18. The maximum Gasteiger partial charge on any atom is 0.0719 e. The van der Waals surface area contributed by atoms with Crippen LogP contribution in [-0.2, 0) is 19.5 Å². The number of rotatable bonds is 3. The lowest BCUT2D eigenvalue weighted by Gasteiger charge is -2.28. The van der Waals surface area contributed by atoms with Crippen molar-refractivity contribution in [2.75, 3.05) is 18.8 Å². The lowest BCUT2D eigenvalue weighted by Crippen LogP contribution is -2.33. The Morgan fingerprint density at radius 1 is 1.17 bits per heavy atom. The van der Waals surface area contributed by atoms with Gasteiger partial charge in [0.15, 0.2) is 0 Å². The van der Waals surface area contributed by atoms with E-state index in [0.717, 1.165) is 38.3 Å². The molecule has 0 bridgehead atoms. The van der Waals surface area contributed by atoms with Gasteiger partial charge >= 0.3 is 0 Å². The molecule has 0 aliphatic carbocycles. The molecule has 1 aromatic carbocycles. The maximum atomic E-state index is 5.65. The van der Waals surface area contributed by atoms with E-state index in [2.05, 4.69) is 34.3 Å². The summed E-state index contributed by atoms with van der Waals surface area (Å²) in [5.74, 6) is 0. The van der Waals surface area contributed by atoms with E-state index in [0.29, 0.717) is 0 Å². The monoisotopic (exact) mass is 242 g/mol. The Morgan fingerprint density at radius 3 is 2.78 bits per heavy atom. The quantitative estimate of drug-likeness (QED) is 0.887. The van der Waals surface area contributed by atoms with Gasteiger partial charge in [-0.05, 0) is 17.5 Å². The van der Waals surface area contributed by atoms with E-state index in [1.54, 1.807) is 6.20 Å². The molecule has 18 heavy (non-hydrogen) atoms. The molecule has 3 rings (SSSR count). The van der Waals surface area contributed by atoms with Crippen molar-refractivity contribution in [3.8, 4) is 0 Å². The second-order valence-corrected chi connectivity index (χ2v) is 4.83. The first kappa shape index (κ1) is 11.3. The SMILES string of the molecule is Nc1cnn(CCN2CCc3ccccc3C2)c1. The molecule has 0 unspecified atom stereocenters. The Kier molecular flexibility index (Phi) is 3.02. The first-order valence-corrected chi connectivity index (χ1v) is 6.38. The summed E-state index contributed by atoms with van der Waals surface area (Å²) in [7, 11) is 0. The maximum absolute atomic E-state index is 5.65. The Balaban J connectivity index is 1.59. The fourth-order valence-corrected chi connectivity index (χ4v) is 2.49. The van der Waals surface area contributed by atoms with Crippen molar-refractivity contribution in [1.29, 1.82) is 0 Å². The minimum absolute atomic E-state index is 0.735. The summed E-state index contributed by atoms with van der Waals surface area (Å²) in [6.45, 7) is 4.11. The van der Waals surface area contributed by atoms with E-state index in [4.69, 9.17) is 5.73 Å². The molecule has 0 amide bonds. The zero-order valence-corrected chi connectivity index (χ0v) is 10.4. The number of nitrogens with two attached hydrogens (primary N) is 1. The molecule has 4 nitrogen and oxygen atoms in total. The summed E-state index contributed by atoms with van der Waals surface area (Å²) >= 11 is 0. The topological polar surface area (TPSA) is 47.1 Å². The Morgan fingerprint density at radius 2 is 2.00 bits per heavy atom. The van der Waals surface area contributed by atoms with Gasteiger partial charge in [0.05, 0.1) is 18.4 Å². The third-order valence-corrected chi connectivity index (χ3v) is 3.51. The van der Waals surface area contributed by atoms with Crippen molar-refractivity contribution >= 4 is 5.69 Å². The zero-order chi connectivity index (χ0) is 12.4. The van der Waals surface area contributed by atoms with Crippen LogP contribution in [0.15, 0.2) is 36.7 Å². The molecule has 2 aromatic rings. The predicted octanol–water partition coefficient (Wildman–Crippen LogP) is 1.52. The number of hydrogen-bond donors (Lipinski definition) is 1. The van der Waals surface area contributed by atoms with Crippen molar-refractivity contribution in [3.63, 3.8) is 0 Å². The van der Waals surface area contributed by atoms with Crippen LogP contribution in [0.25, 0.3) is 0 Å². The number of nitrogen functional groups attached to an aromatic ring is 1. The molecule has 0 saturated carbocycles. The van der Waals surface area contributed by atoms with Crippen LogP contribution in [0.5, 0.6) is 0 Å². The number of hydrogen-bond acceptors (Lipinski definition) is 3. The second-order valence-electron chi connectivity index (χ2n) is 4.83. The molecule has 94 valence electrons. The van der Waals surface area contributed by atoms with E-state index in [-0.39, 0.29) is 0 Å². The van der Waals surface area contributed by atoms with Crippen molar-refractivity contribution in [3.05, 3.63) is 47.8 Å². The fourth-order valence-electron chi connectivity index (χ4n) is 2.49. The van der Waals surface area contributed by atoms with Gasteiger partial charge in [-0.3, -0.25) is 9.58 Å². The number of nitrogens with zero attached hydrogens (tertiary/aromatic N) is 3. The molecule has 0 atom stereocenters. The minimum Gasteiger partial charge on any atom is -0.396 e. The molecule has 1 aliphatic heterocycles. The molecule has 0 spiro atoms. The van der Waals surface area contributed by atoms with Crippen LogP contribution in [0.3, 0.4) is 0 Å². The van der Waals surface area contributed by atoms with Gasteiger partial charge in [0.25, 0.3) is 0 Å². The van der Waals surface area contributed by atoms with Crippen LogP contribution in [0, 0.1) is 0 Å². The minimum atomic E-state index is 0.735. The Hall–Kier alpha value is -1.81. The zero-order valence-electron chi connectivity index (χ0n) is 10.4. The van der Waals surface area contributed by atoms with E-state index in [1.165, 1.54) is 11.1 Å². The van der Waals surface area contributed by atoms with E-state index in [9.17, 15) is 0 Å². The standard InChI is InChI=1S/C14H18N4/c15-14-9-16-18(11-14)8-7-17-6-5-12-3-1-2-4-13(12)10-17/h1-4,9,11H,5-8,10,15H2. The van der Waals surface area contributed by atoms with Crippen molar-refractivity contribution in [1.82, 2.24) is 14.7 Å². The number of aromatic nitrogens is 2. The summed E-state index contributed by atoms with van der Waals surface area (Å²) in [6.07, 6.45) is 4.74. The first-order chi connectivity index (χ1) is 8.81. The van der Waals surface area contributed by atoms with Crippen molar-refractivity contribution < 1.29 is 0 Å². The molecular formula is C14H18N4. The van der Waals surface area contributed by atoms with Gasteiger partial charge in [-0.25, -0.2) is 0 Å². The van der Waals surface area contributed by atoms with Crippen LogP contribution >= 0.6 is 0 Å². The summed E-state index contributed by atoms with van der Waals surface area (Å²) in [5, 5.41) is 4.21. The molecule has 1 aromatic heterocycles. The van der Waals surface area contributed by atoms with Gasteiger partial charge < -0.3 is 5.73 Å². The van der Waals surface area contributed by atoms with Gasteiger partial charge in [-0.15, -0.1) is 0 Å². The van der Waals surface area contributed by atoms with E-state index in [1.807, 2.05) is 10.9 Å². The average molecular weight is 242 g/mol. The van der Waals surface area contributed by atoms with Gasteiger partial charge in [0.1, 0.15) is 0 Å². The first-order valence-electron chi connectivity index (χ1n) is 6.38. The molecule has 0 fully saturated rings. The summed E-state index contributed by atoms with van der Waals surface area (Å²) in [5.41, 5.74) is 9.35.